The van der Waals surface area contributed by atoms with Crippen LogP contribution in [0.4, 0.5) is 0 Å². The summed E-state index contributed by atoms with van der Waals surface area (Å²) >= 11 is 2.93. The van der Waals surface area contributed by atoms with Crippen molar-refractivity contribution in [1.29, 1.82) is 0 Å². The van der Waals surface area contributed by atoms with Crippen LogP contribution in [0.3, 0.4) is 0 Å². The molecule has 43 valence electrons. The minimum atomic E-state index is -2.69. The van der Waals surface area contributed by atoms with E-state index in [0.717, 1.165) is 6.61 Å². The molecule has 3 nitrogen and oxygen atoms in total. The van der Waals surface area contributed by atoms with Gasteiger partial charge in [-0.3, -0.25) is 4.18 Å². The third-order valence-electron chi connectivity index (χ3n) is 0.224. The summed E-state index contributed by atoms with van der Waals surface area (Å²) in [7, 11) is -2.69. The zero-order chi connectivity index (χ0) is 5.70. The summed E-state index contributed by atoms with van der Waals surface area (Å²) in [5, 5.41) is 0.427. The smallest absolute Gasteiger partial charge is 0.257 e. The first-order chi connectivity index (χ1) is 3.27. The summed E-state index contributed by atoms with van der Waals surface area (Å²) in [6, 6.07) is 0. The van der Waals surface area contributed by atoms with Crippen LogP contribution < -0.4 is 0 Å². The second kappa shape index (κ2) is 4.55. The lowest BCUT2D eigenvalue weighted by atomic mass is 10.9. The van der Waals surface area contributed by atoms with Crippen LogP contribution in [0.1, 0.15) is 0 Å². The molecule has 0 N–H and O–H groups in total. The third kappa shape index (κ3) is 6.39. The minimum absolute atomic E-state index is 0.427. The van der Waals surface area contributed by atoms with Crippen LogP contribution in [0.2, 0.25) is 0 Å². The van der Waals surface area contributed by atoms with Crippen LogP contribution in [0.25, 0.3) is 0 Å². The Hall–Kier alpha value is 0.390. The monoisotopic (exact) mass is 187 g/mol. The Labute approximate surface area is 52.0 Å². The van der Waals surface area contributed by atoms with Crippen LogP contribution >= 0.6 is 15.9 Å². The van der Waals surface area contributed by atoms with E-state index < -0.39 is 11.0 Å². The molecule has 0 spiro atoms. The van der Waals surface area contributed by atoms with Gasteiger partial charge >= 0.3 is 0 Å². The van der Waals surface area contributed by atoms with E-state index in [1.807, 2.05) is 0 Å². The summed E-state index contributed by atoms with van der Waals surface area (Å²) in [4.78, 5) is 0. The minimum Gasteiger partial charge on any atom is -0.265 e. The molecule has 0 fully saturated rings. The van der Waals surface area contributed by atoms with Gasteiger partial charge in [0.1, 0.15) is 6.61 Å². The maximum Gasteiger partial charge on any atom is 0.257 e. The first-order valence-corrected chi connectivity index (χ1v) is 3.68. The van der Waals surface area contributed by atoms with E-state index in [2.05, 4.69) is 20.1 Å². The van der Waals surface area contributed by atoms with Gasteiger partial charge in [0.25, 0.3) is 11.0 Å². The Morgan fingerprint density at radius 2 is 2.29 bits per heavy atom. The van der Waals surface area contributed by atoms with Gasteiger partial charge in [0.05, 0.1) is 0 Å². The molecule has 0 aliphatic heterocycles. The lowest BCUT2D eigenvalue weighted by molar-refractivity contribution is 0.423. The molecule has 0 aliphatic carbocycles. The summed E-state index contributed by atoms with van der Waals surface area (Å²) in [5.74, 6) is 0. The maximum atomic E-state index is 9.52. The average Bonchev–Trinajstić information content (AvgIpc) is 1.61. The van der Waals surface area contributed by atoms with Gasteiger partial charge in [0.15, 0.2) is 0 Å². The molecule has 0 rings (SSSR count). The fraction of sp³-hybridized carbons (Fsp3) is 0.500. The number of hydrogen-bond acceptors (Lipinski definition) is 3. The molecule has 0 heterocycles. The highest BCUT2D eigenvalue weighted by atomic mass is 79.9. The standard InChI is InChI=1S/C2H4BrO3S/c3-1-2-6-7(4)5/h2,7H,1H2. The number of rotatable bonds is 3. The normalized spacial score (nSPS) is 10.0. The molecule has 0 saturated heterocycles. The van der Waals surface area contributed by atoms with E-state index in [4.69, 9.17) is 0 Å². The molecule has 0 bridgehead atoms. The Kier molecular flexibility index (Phi) is 4.80. The van der Waals surface area contributed by atoms with E-state index in [0.29, 0.717) is 5.33 Å². The van der Waals surface area contributed by atoms with Crippen LogP contribution in [0.15, 0.2) is 0 Å². The van der Waals surface area contributed by atoms with Crippen molar-refractivity contribution >= 4 is 26.9 Å². The van der Waals surface area contributed by atoms with Crippen molar-refractivity contribution in [1.82, 2.24) is 0 Å². The molecule has 0 saturated carbocycles. The van der Waals surface area contributed by atoms with E-state index in [-0.39, 0.29) is 0 Å². The van der Waals surface area contributed by atoms with E-state index in [1.54, 1.807) is 0 Å². The Bertz CT molecular complexity index is 91.1. The lowest BCUT2D eigenvalue weighted by Crippen LogP contribution is -1.83. The van der Waals surface area contributed by atoms with E-state index in [1.165, 1.54) is 0 Å². The number of thiol groups is 1. The molecule has 0 aromatic heterocycles. The second-order valence-electron chi connectivity index (χ2n) is 0.650. The van der Waals surface area contributed by atoms with Crippen molar-refractivity contribution in [3.05, 3.63) is 6.61 Å². The molecule has 0 unspecified atom stereocenters. The molecule has 7 heavy (non-hydrogen) atoms. The Morgan fingerprint density at radius 1 is 1.71 bits per heavy atom. The van der Waals surface area contributed by atoms with Crippen molar-refractivity contribution in [3.8, 4) is 0 Å². The highest BCUT2D eigenvalue weighted by Crippen LogP contribution is 1.86. The number of alkyl halides is 1. The predicted molar refractivity (Wildman–Crippen MR) is 29.5 cm³/mol. The highest BCUT2D eigenvalue weighted by Gasteiger charge is 1.81. The first kappa shape index (κ1) is 7.39. The molecule has 5 heteroatoms. The molecule has 0 amide bonds. The van der Waals surface area contributed by atoms with Gasteiger partial charge in [0, 0.05) is 5.33 Å². The summed E-state index contributed by atoms with van der Waals surface area (Å²) < 4.78 is 23.0. The molecule has 0 aromatic carbocycles. The highest BCUT2D eigenvalue weighted by molar-refractivity contribution is 9.09. The van der Waals surface area contributed by atoms with Crippen molar-refractivity contribution in [3.63, 3.8) is 0 Å². The van der Waals surface area contributed by atoms with Crippen LogP contribution in [0.5, 0.6) is 0 Å². The molecule has 0 aliphatic rings. The predicted octanol–water partition coefficient (Wildman–Crippen LogP) is 0.0861. The van der Waals surface area contributed by atoms with Gasteiger partial charge in [-0.25, -0.2) is 8.42 Å². The molecular formula is C2H4BrO3S. The lowest BCUT2D eigenvalue weighted by Gasteiger charge is -1.82. The first-order valence-electron chi connectivity index (χ1n) is 1.46. The van der Waals surface area contributed by atoms with Gasteiger partial charge in [-0.15, -0.1) is 0 Å². The summed E-state index contributed by atoms with van der Waals surface area (Å²) in [5.41, 5.74) is 0. The second-order valence-corrected chi connectivity index (χ2v) is 1.96. The topological polar surface area (TPSA) is 43.4 Å². The molecule has 1 radical (unpaired) electrons. The van der Waals surface area contributed by atoms with Crippen LogP contribution in [-0.2, 0) is 15.2 Å². The SMILES string of the molecule is O=[SH](=O)O[CH]CBr. The Morgan fingerprint density at radius 3 is 2.43 bits per heavy atom. The van der Waals surface area contributed by atoms with Gasteiger partial charge < -0.3 is 0 Å². The summed E-state index contributed by atoms with van der Waals surface area (Å²) in [6.45, 7) is 1.14. The quantitative estimate of drug-likeness (QED) is 0.504. The van der Waals surface area contributed by atoms with Crippen molar-refractivity contribution in [2.24, 2.45) is 0 Å². The van der Waals surface area contributed by atoms with Gasteiger partial charge in [0.2, 0.25) is 0 Å². The van der Waals surface area contributed by atoms with Crippen molar-refractivity contribution in [2.45, 2.75) is 0 Å². The third-order valence-corrected chi connectivity index (χ3v) is 0.809. The molecular weight excluding hydrogens is 184 g/mol. The number of halogens is 1. The zero-order valence-corrected chi connectivity index (χ0v) is 5.81. The maximum absolute atomic E-state index is 9.52. The Balaban J connectivity index is 2.98. The van der Waals surface area contributed by atoms with Gasteiger partial charge in [-0.1, -0.05) is 15.9 Å². The van der Waals surface area contributed by atoms with Crippen molar-refractivity contribution in [2.75, 3.05) is 5.33 Å². The van der Waals surface area contributed by atoms with E-state index in [9.17, 15) is 8.42 Å². The van der Waals surface area contributed by atoms with E-state index >= 15 is 0 Å². The van der Waals surface area contributed by atoms with Gasteiger partial charge in [-0.05, 0) is 0 Å². The summed E-state index contributed by atoms with van der Waals surface area (Å²) in [6.07, 6.45) is 0. The molecule has 0 aromatic rings. The van der Waals surface area contributed by atoms with Gasteiger partial charge in [-0.2, -0.15) is 0 Å². The van der Waals surface area contributed by atoms with Crippen LogP contribution in [0, 0.1) is 6.61 Å². The van der Waals surface area contributed by atoms with Crippen LogP contribution in [-0.4, -0.2) is 13.7 Å². The fourth-order valence-electron chi connectivity index (χ4n) is 0.0890. The number of hydrogen-bond donors (Lipinski definition) is 1. The fourth-order valence-corrected chi connectivity index (χ4v) is 0.622. The van der Waals surface area contributed by atoms with Crippen molar-refractivity contribution < 1.29 is 12.6 Å². The molecule has 0 atom stereocenters. The zero-order valence-electron chi connectivity index (χ0n) is 3.33. The average molecular weight is 188 g/mol. The largest absolute Gasteiger partial charge is 0.265 e.